The molecule has 0 aliphatic carbocycles. The number of carbonyl (C=O) groups excluding carboxylic acids is 2. The number of hydrogen-bond acceptors (Lipinski definition) is 4. The molecule has 0 spiro atoms. The molecule has 0 aromatic heterocycles. The van der Waals surface area contributed by atoms with E-state index in [-0.39, 0.29) is 30.1 Å². The second-order valence-electron chi connectivity index (χ2n) is 6.15. The second kappa shape index (κ2) is 9.84. The highest BCUT2D eigenvalue weighted by Crippen LogP contribution is 2.22. The molecule has 0 radical (unpaired) electrons. The maximum atomic E-state index is 12.6. The summed E-state index contributed by atoms with van der Waals surface area (Å²) in [5, 5.41) is 8.59. The lowest BCUT2D eigenvalue weighted by atomic mass is 10.1. The number of aliphatic carboxylic acids is 1. The Morgan fingerprint density at radius 2 is 1.59 bits per heavy atom. The Hall–Kier alpha value is -2.71. The SMILES string of the molecule is O=C(O)CCCCC(=O)N1CCN(C(=O)c2ccccc2OC(F)F)CC1. The van der Waals surface area contributed by atoms with Crippen molar-refractivity contribution in [3.63, 3.8) is 0 Å². The zero-order valence-electron chi connectivity index (χ0n) is 14.8. The number of amides is 2. The standard InChI is InChI=1S/C18H22F2N2O5/c19-18(20)27-14-6-2-1-5-13(14)17(26)22-11-9-21(10-12-22)15(23)7-3-4-8-16(24)25/h1-2,5-6,18H,3-4,7-12H2,(H,24,25). The number of para-hydroxylation sites is 1. The molecule has 0 bridgehead atoms. The van der Waals surface area contributed by atoms with Crippen LogP contribution >= 0.6 is 0 Å². The van der Waals surface area contributed by atoms with Crippen molar-refractivity contribution in [1.82, 2.24) is 9.80 Å². The van der Waals surface area contributed by atoms with Gasteiger partial charge < -0.3 is 19.6 Å². The van der Waals surface area contributed by atoms with Crippen molar-refractivity contribution < 1.29 is 33.0 Å². The van der Waals surface area contributed by atoms with Crippen LogP contribution in [0.5, 0.6) is 5.75 Å². The molecular formula is C18H22F2N2O5. The molecule has 27 heavy (non-hydrogen) atoms. The number of ether oxygens (including phenoxy) is 1. The monoisotopic (exact) mass is 384 g/mol. The summed E-state index contributed by atoms with van der Waals surface area (Å²) in [6.07, 6.45) is 1.25. The fourth-order valence-electron chi connectivity index (χ4n) is 2.88. The number of nitrogens with zero attached hydrogens (tertiary/aromatic N) is 2. The first-order valence-electron chi connectivity index (χ1n) is 8.71. The quantitative estimate of drug-likeness (QED) is 0.695. The molecule has 2 rings (SSSR count). The van der Waals surface area contributed by atoms with Crippen LogP contribution in [0, 0.1) is 0 Å². The van der Waals surface area contributed by atoms with Crippen LogP contribution in [-0.2, 0) is 9.59 Å². The van der Waals surface area contributed by atoms with Crippen molar-refractivity contribution in [3.8, 4) is 5.75 Å². The van der Waals surface area contributed by atoms with Gasteiger partial charge in [-0.25, -0.2) is 0 Å². The third kappa shape index (κ3) is 6.19. The van der Waals surface area contributed by atoms with Crippen molar-refractivity contribution in [3.05, 3.63) is 29.8 Å². The summed E-state index contributed by atoms with van der Waals surface area (Å²) in [7, 11) is 0. The Morgan fingerprint density at radius 1 is 1.00 bits per heavy atom. The molecule has 1 N–H and O–H groups in total. The van der Waals surface area contributed by atoms with Crippen molar-refractivity contribution >= 4 is 17.8 Å². The predicted molar refractivity (Wildman–Crippen MR) is 91.7 cm³/mol. The average Bonchev–Trinajstić information content (AvgIpc) is 2.64. The van der Waals surface area contributed by atoms with Crippen LogP contribution in [0.3, 0.4) is 0 Å². The molecule has 1 heterocycles. The maximum Gasteiger partial charge on any atom is 0.387 e. The van der Waals surface area contributed by atoms with E-state index in [2.05, 4.69) is 4.74 Å². The molecule has 9 heteroatoms. The topological polar surface area (TPSA) is 87.2 Å². The average molecular weight is 384 g/mol. The summed E-state index contributed by atoms with van der Waals surface area (Å²) in [5.74, 6) is -1.55. The van der Waals surface area contributed by atoms with E-state index in [1.54, 1.807) is 11.0 Å². The number of carboxylic acids is 1. The zero-order valence-corrected chi connectivity index (χ0v) is 14.8. The Kier molecular flexibility index (Phi) is 7.51. The third-order valence-electron chi connectivity index (χ3n) is 4.28. The molecule has 1 saturated heterocycles. The summed E-state index contributed by atoms with van der Waals surface area (Å²) >= 11 is 0. The number of halogens is 2. The molecule has 1 aliphatic heterocycles. The van der Waals surface area contributed by atoms with Gasteiger partial charge >= 0.3 is 12.6 Å². The number of hydrogen-bond donors (Lipinski definition) is 1. The lowest BCUT2D eigenvalue weighted by molar-refractivity contribution is -0.137. The Balaban J connectivity index is 1.86. The van der Waals surface area contributed by atoms with Gasteiger partial charge in [-0.15, -0.1) is 0 Å². The molecule has 0 atom stereocenters. The molecule has 0 unspecified atom stereocenters. The highest BCUT2D eigenvalue weighted by Gasteiger charge is 2.26. The van der Waals surface area contributed by atoms with Gasteiger partial charge in [0, 0.05) is 39.0 Å². The smallest absolute Gasteiger partial charge is 0.387 e. The van der Waals surface area contributed by atoms with Crippen LogP contribution in [0.25, 0.3) is 0 Å². The summed E-state index contributed by atoms with van der Waals surface area (Å²) < 4.78 is 29.4. The minimum absolute atomic E-state index is 0.0374. The van der Waals surface area contributed by atoms with Crippen molar-refractivity contribution in [2.24, 2.45) is 0 Å². The predicted octanol–water partition coefficient (Wildman–Crippen LogP) is 2.22. The zero-order chi connectivity index (χ0) is 19.8. The van der Waals surface area contributed by atoms with Crippen LogP contribution in [0.4, 0.5) is 8.78 Å². The summed E-state index contributed by atoms with van der Waals surface area (Å²) in [5.41, 5.74) is 0.0613. The second-order valence-corrected chi connectivity index (χ2v) is 6.15. The van der Waals surface area contributed by atoms with E-state index in [4.69, 9.17) is 5.11 Å². The number of unbranched alkanes of at least 4 members (excludes halogenated alkanes) is 1. The Bertz CT molecular complexity index is 675. The highest BCUT2D eigenvalue weighted by molar-refractivity contribution is 5.97. The molecule has 2 amide bonds. The van der Waals surface area contributed by atoms with Gasteiger partial charge in [0.15, 0.2) is 0 Å². The minimum atomic E-state index is -3.02. The van der Waals surface area contributed by atoms with E-state index in [1.165, 1.54) is 23.1 Å². The first-order chi connectivity index (χ1) is 12.9. The van der Waals surface area contributed by atoms with E-state index in [0.717, 1.165) is 0 Å². The summed E-state index contributed by atoms with van der Waals surface area (Å²) in [6, 6.07) is 5.83. The van der Waals surface area contributed by atoms with Crippen molar-refractivity contribution in [2.45, 2.75) is 32.3 Å². The lowest BCUT2D eigenvalue weighted by Gasteiger charge is -2.35. The fraction of sp³-hybridized carbons (Fsp3) is 0.500. The molecule has 1 aliphatic rings. The number of piperazine rings is 1. The lowest BCUT2D eigenvalue weighted by Crippen LogP contribution is -2.50. The van der Waals surface area contributed by atoms with E-state index in [1.807, 2.05) is 0 Å². The summed E-state index contributed by atoms with van der Waals surface area (Å²) in [4.78, 5) is 38.3. The molecule has 1 aromatic rings. The first-order valence-corrected chi connectivity index (χ1v) is 8.71. The largest absolute Gasteiger partial charge is 0.481 e. The number of alkyl halides is 2. The molecule has 1 aromatic carbocycles. The third-order valence-corrected chi connectivity index (χ3v) is 4.28. The van der Waals surface area contributed by atoms with E-state index in [9.17, 15) is 23.2 Å². The Labute approximate surface area is 155 Å². The van der Waals surface area contributed by atoms with Crippen LogP contribution in [0.2, 0.25) is 0 Å². The fourth-order valence-corrected chi connectivity index (χ4v) is 2.88. The molecule has 0 saturated carbocycles. The van der Waals surface area contributed by atoms with Gasteiger partial charge in [-0.1, -0.05) is 12.1 Å². The number of benzene rings is 1. The van der Waals surface area contributed by atoms with Gasteiger partial charge in [0.25, 0.3) is 5.91 Å². The highest BCUT2D eigenvalue weighted by atomic mass is 19.3. The van der Waals surface area contributed by atoms with E-state index in [0.29, 0.717) is 39.0 Å². The van der Waals surface area contributed by atoms with Crippen molar-refractivity contribution in [1.29, 1.82) is 0 Å². The summed E-state index contributed by atoms with van der Waals surface area (Å²) in [6.45, 7) is -1.73. The van der Waals surface area contributed by atoms with Gasteiger partial charge in [0.2, 0.25) is 5.91 Å². The van der Waals surface area contributed by atoms with Gasteiger partial charge in [-0.05, 0) is 25.0 Å². The number of carbonyl (C=O) groups is 3. The maximum absolute atomic E-state index is 12.6. The van der Waals surface area contributed by atoms with Gasteiger partial charge in [0.1, 0.15) is 5.75 Å². The molecular weight excluding hydrogens is 362 g/mol. The molecule has 148 valence electrons. The number of carboxylic acid groups (broad SMARTS) is 1. The van der Waals surface area contributed by atoms with Crippen LogP contribution in [0.1, 0.15) is 36.0 Å². The van der Waals surface area contributed by atoms with Crippen molar-refractivity contribution in [2.75, 3.05) is 26.2 Å². The van der Waals surface area contributed by atoms with E-state index >= 15 is 0 Å². The molecule has 7 nitrogen and oxygen atoms in total. The molecule has 1 fully saturated rings. The van der Waals surface area contributed by atoms with E-state index < -0.39 is 18.5 Å². The normalized spacial score (nSPS) is 14.3. The van der Waals surface area contributed by atoms with Crippen LogP contribution in [-0.4, -0.2) is 65.5 Å². The van der Waals surface area contributed by atoms with Gasteiger partial charge in [0.05, 0.1) is 5.56 Å². The van der Waals surface area contributed by atoms with Crippen LogP contribution in [0.15, 0.2) is 24.3 Å². The van der Waals surface area contributed by atoms with Gasteiger partial charge in [-0.2, -0.15) is 8.78 Å². The minimum Gasteiger partial charge on any atom is -0.481 e. The first kappa shape index (κ1) is 20.6. The van der Waals surface area contributed by atoms with Crippen LogP contribution < -0.4 is 4.74 Å². The van der Waals surface area contributed by atoms with Gasteiger partial charge in [-0.3, -0.25) is 14.4 Å². The Morgan fingerprint density at radius 3 is 2.22 bits per heavy atom. The number of rotatable bonds is 8.